The van der Waals surface area contributed by atoms with Crippen LogP contribution in [0.15, 0.2) is 54.6 Å². The molecule has 5 nitrogen and oxygen atoms in total. The summed E-state index contributed by atoms with van der Waals surface area (Å²) in [5.41, 5.74) is 1.17. The van der Waals surface area contributed by atoms with Gasteiger partial charge in [-0.15, -0.1) is 0 Å². The molecule has 1 N–H and O–H groups in total. The molecule has 0 aliphatic carbocycles. The SMILES string of the molecule is CC1C(=O)N(c2ccccc2)N(c2ccc(O)cc2)C1=O. The Morgan fingerprint density at radius 2 is 1.29 bits per heavy atom. The van der Waals surface area contributed by atoms with Crippen LogP contribution in [0.3, 0.4) is 0 Å². The van der Waals surface area contributed by atoms with Gasteiger partial charge in [-0.1, -0.05) is 18.2 Å². The topological polar surface area (TPSA) is 60.9 Å². The Labute approximate surface area is 122 Å². The van der Waals surface area contributed by atoms with E-state index in [4.69, 9.17) is 0 Å². The predicted octanol–water partition coefficient (Wildman–Crippen LogP) is 2.32. The fraction of sp³-hybridized carbons (Fsp3) is 0.125. The van der Waals surface area contributed by atoms with Crippen molar-refractivity contribution in [1.82, 2.24) is 0 Å². The van der Waals surface area contributed by atoms with Crippen molar-refractivity contribution in [3.05, 3.63) is 54.6 Å². The number of anilines is 2. The molecule has 2 aromatic carbocycles. The van der Waals surface area contributed by atoms with E-state index in [1.807, 2.05) is 18.2 Å². The van der Waals surface area contributed by atoms with E-state index in [-0.39, 0.29) is 17.6 Å². The first kappa shape index (κ1) is 13.2. The maximum absolute atomic E-state index is 12.4. The molecule has 0 radical (unpaired) electrons. The normalized spacial score (nSPS) is 18.4. The summed E-state index contributed by atoms with van der Waals surface area (Å²) in [5.74, 6) is -1.16. The van der Waals surface area contributed by atoms with Gasteiger partial charge < -0.3 is 5.11 Å². The van der Waals surface area contributed by atoms with E-state index in [2.05, 4.69) is 0 Å². The molecule has 0 spiro atoms. The summed E-state index contributed by atoms with van der Waals surface area (Å²) in [7, 11) is 0. The Hall–Kier alpha value is -2.82. The molecule has 5 heteroatoms. The summed E-state index contributed by atoms with van der Waals surface area (Å²) in [6, 6.07) is 15.2. The van der Waals surface area contributed by atoms with E-state index >= 15 is 0 Å². The van der Waals surface area contributed by atoms with Gasteiger partial charge in [-0.25, -0.2) is 10.0 Å². The molecule has 0 saturated carbocycles. The number of hydrazine groups is 1. The highest BCUT2D eigenvalue weighted by Crippen LogP contribution is 2.32. The van der Waals surface area contributed by atoms with E-state index in [9.17, 15) is 14.7 Å². The van der Waals surface area contributed by atoms with Gasteiger partial charge in [-0.2, -0.15) is 0 Å². The first-order valence-corrected chi connectivity index (χ1v) is 6.61. The lowest BCUT2D eigenvalue weighted by molar-refractivity contribution is -0.126. The summed E-state index contributed by atoms with van der Waals surface area (Å²) in [6.45, 7) is 1.60. The molecule has 1 saturated heterocycles. The number of hydrogen-bond acceptors (Lipinski definition) is 3. The minimum Gasteiger partial charge on any atom is -0.508 e. The molecule has 1 aliphatic heterocycles. The van der Waals surface area contributed by atoms with E-state index in [0.717, 1.165) is 0 Å². The van der Waals surface area contributed by atoms with Gasteiger partial charge in [0.2, 0.25) is 0 Å². The number of hydrogen-bond donors (Lipinski definition) is 1. The molecule has 2 amide bonds. The Kier molecular flexibility index (Phi) is 3.10. The molecule has 106 valence electrons. The molecule has 1 aliphatic rings. The average Bonchev–Trinajstić information content (AvgIpc) is 2.73. The first-order valence-electron chi connectivity index (χ1n) is 6.61. The third-order valence-electron chi connectivity index (χ3n) is 3.45. The van der Waals surface area contributed by atoms with Crippen LogP contribution in [-0.4, -0.2) is 16.9 Å². The van der Waals surface area contributed by atoms with Crippen molar-refractivity contribution >= 4 is 23.2 Å². The number of benzene rings is 2. The van der Waals surface area contributed by atoms with Gasteiger partial charge in [0, 0.05) is 0 Å². The molecule has 1 unspecified atom stereocenters. The number of phenolic OH excluding ortho intramolecular Hbond substituents is 1. The molecule has 1 atom stereocenters. The van der Waals surface area contributed by atoms with Crippen molar-refractivity contribution in [3.63, 3.8) is 0 Å². The fourth-order valence-electron chi connectivity index (χ4n) is 2.32. The lowest BCUT2D eigenvalue weighted by atomic mass is 10.1. The molecular formula is C16H14N2O3. The van der Waals surface area contributed by atoms with Crippen molar-refractivity contribution in [2.24, 2.45) is 5.92 Å². The van der Waals surface area contributed by atoms with Crippen LogP contribution in [0.2, 0.25) is 0 Å². The number of nitrogens with zero attached hydrogens (tertiary/aromatic N) is 2. The number of amides is 2. The number of carbonyl (C=O) groups excluding carboxylic acids is 2. The fourth-order valence-corrected chi connectivity index (χ4v) is 2.32. The number of aromatic hydroxyl groups is 1. The van der Waals surface area contributed by atoms with Crippen LogP contribution in [-0.2, 0) is 9.59 Å². The standard InChI is InChI=1S/C16H14N2O3/c1-11-15(20)17(12-5-3-2-4-6-12)18(16(11)21)13-7-9-14(19)10-8-13/h2-11,19H,1H3. The van der Waals surface area contributed by atoms with E-state index in [1.165, 1.54) is 22.2 Å². The third-order valence-corrected chi connectivity index (χ3v) is 3.45. The third kappa shape index (κ3) is 2.12. The van der Waals surface area contributed by atoms with Gasteiger partial charge in [0.15, 0.2) is 0 Å². The Bertz CT molecular complexity index is 682. The van der Waals surface area contributed by atoms with E-state index in [1.54, 1.807) is 31.2 Å². The molecule has 1 fully saturated rings. The van der Waals surface area contributed by atoms with Gasteiger partial charge in [-0.05, 0) is 43.3 Å². The molecule has 0 aromatic heterocycles. The van der Waals surface area contributed by atoms with E-state index < -0.39 is 5.92 Å². The van der Waals surface area contributed by atoms with Gasteiger partial charge in [0.05, 0.1) is 11.4 Å². The number of phenols is 1. The van der Waals surface area contributed by atoms with E-state index in [0.29, 0.717) is 11.4 Å². The molecular weight excluding hydrogens is 268 g/mol. The number of rotatable bonds is 2. The van der Waals surface area contributed by atoms with Gasteiger partial charge >= 0.3 is 0 Å². The molecule has 3 rings (SSSR count). The van der Waals surface area contributed by atoms with Gasteiger partial charge in [0.25, 0.3) is 11.8 Å². The summed E-state index contributed by atoms with van der Waals surface area (Å²) in [5, 5.41) is 12.1. The largest absolute Gasteiger partial charge is 0.508 e. The summed E-state index contributed by atoms with van der Waals surface area (Å²) >= 11 is 0. The van der Waals surface area contributed by atoms with Crippen LogP contribution in [0.25, 0.3) is 0 Å². The average molecular weight is 282 g/mol. The highest BCUT2D eigenvalue weighted by atomic mass is 16.3. The minimum absolute atomic E-state index is 0.107. The van der Waals surface area contributed by atoms with Crippen LogP contribution < -0.4 is 10.0 Å². The summed E-state index contributed by atoms with van der Waals surface area (Å²) in [4.78, 5) is 24.8. The van der Waals surface area contributed by atoms with Crippen LogP contribution in [0.1, 0.15) is 6.92 Å². The van der Waals surface area contributed by atoms with Crippen molar-refractivity contribution in [1.29, 1.82) is 0 Å². The Balaban J connectivity index is 2.09. The second-order valence-electron chi connectivity index (χ2n) is 4.87. The molecule has 2 aromatic rings. The second kappa shape index (κ2) is 4.94. The smallest absolute Gasteiger partial charge is 0.258 e. The van der Waals surface area contributed by atoms with Gasteiger partial charge in [-0.3, -0.25) is 9.59 Å². The lowest BCUT2D eigenvalue weighted by Crippen LogP contribution is -2.41. The van der Waals surface area contributed by atoms with Crippen molar-refractivity contribution < 1.29 is 14.7 Å². The van der Waals surface area contributed by atoms with Gasteiger partial charge in [0.1, 0.15) is 11.7 Å². The first-order chi connectivity index (χ1) is 10.1. The monoisotopic (exact) mass is 282 g/mol. The minimum atomic E-state index is -0.723. The maximum atomic E-state index is 12.4. The molecule has 1 heterocycles. The maximum Gasteiger partial charge on any atom is 0.258 e. The van der Waals surface area contributed by atoms with Crippen LogP contribution in [0.4, 0.5) is 11.4 Å². The molecule has 21 heavy (non-hydrogen) atoms. The number of carbonyl (C=O) groups is 2. The zero-order chi connectivity index (χ0) is 15.0. The summed E-state index contributed by atoms with van der Waals surface area (Å²) in [6.07, 6.45) is 0. The second-order valence-corrected chi connectivity index (χ2v) is 4.87. The quantitative estimate of drug-likeness (QED) is 0.860. The predicted molar refractivity (Wildman–Crippen MR) is 78.7 cm³/mol. The zero-order valence-corrected chi connectivity index (χ0v) is 11.4. The van der Waals surface area contributed by atoms with Crippen LogP contribution >= 0.6 is 0 Å². The Morgan fingerprint density at radius 3 is 1.81 bits per heavy atom. The summed E-state index contributed by atoms with van der Waals surface area (Å²) < 4.78 is 0. The molecule has 0 bridgehead atoms. The van der Waals surface area contributed by atoms with Crippen molar-refractivity contribution in [3.8, 4) is 5.75 Å². The van der Waals surface area contributed by atoms with Crippen molar-refractivity contribution in [2.75, 3.05) is 10.0 Å². The zero-order valence-electron chi connectivity index (χ0n) is 11.4. The number of para-hydroxylation sites is 1. The highest BCUT2D eigenvalue weighted by Gasteiger charge is 2.44. The van der Waals surface area contributed by atoms with Crippen LogP contribution in [0.5, 0.6) is 5.75 Å². The highest BCUT2D eigenvalue weighted by molar-refractivity contribution is 6.22. The van der Waals surface area contributed by atoms with Crippen molar-refractivity contribution in [2.45, 2.75) is 6.92 Å². The Morgan fingerprint density at radius 1 is 0.810 bits per heavy atom. The lowest BCUT2D eigenvalue weighted by Gasteiger charge is -2.27. The van der Waals surface area contributed by atoms with Crippen LogP contribution in [0, 0.1) is 5.92 Å².